The van der Waals surface area contributed by atoms with E-state index in [9.17, 15) is 0 Å². The number of hydrogen-bond donors (Lipinski definition) is 0. The van der Waals surface area contributed by atoms with Gasteiger partial charge in [-0.3, -0.25) is 4.57 Å². The van der Waals surface area contributed by atoms with Gasteiger partial charge in [0, 0.05) is 52.1 Å². The van der Waals surface area contributed by atoms with Gasteiger partial charge in [-0.05, 0) is 144 Å². The molecule has 0 aliphatic carbocycles. The van der Waals surface area contributed by atoms with E-state index in [0.29, 0.717) is 6.67 Å². The molecule has 396 valence electrons. The van der Waals surface area contributed by atoms with Crippen molar-refractivity contribution in [2.45, 2.75) is 157 Å². The maximum Gasteiger partial charge on any atom is 0.158 e. The Labute approximate surface area is 460 Å². The standard InChI is InChI=1S/C71H81N5O/c1-66(2,3)45-28-32-58(70(13,14)15)54(37-45)56-39-48(69(10,11)12)40-57(55-38-46(67(4,5)6)29-33-59(55)71(16,17)18)64(56)75-44-74(61-27-22-35-73-65(61)75)49-23-21-24-50(42-49)77-51-30-31-53-52-25-19-20-26-60(52)76(62(53)43-51)63-41-47(34-36-72-63)68(7,8)9/h19-43H,44H2,1-18H3. The molecule has 0 unspecified atom stereocenters. The molecule has 0 radical (unpaired) electrons. The van der Waals surface area contributed by atoms with Gasteiger partial charge in [0.05, 0.1) is 22.4 Å². The number of rotatable bonds is 7. The zero-order valence-corrected chi connectivity index (χ0v) is 49.3. The summed E-state index contributed by atoms with van der Waals surface area (Å²) in [7, 11) is 0. The average Bonchev–Trinajstić information content (AvgIpc) is 3.98. The van der Waals surface area contributed by atoms with E-state index < -0.39 is 0 Å². The number of benzene rings is 6. The number of pyridine rings is 2. The number of para-hydroxylation sites is 1. The molecule has 0 saturated carbocycles. The molecule has 77 heavy (non-hydrogen) atoms. The van der Waals surface area contributed by atoms with Crippen LogP contribution in [0.15, 0.2) is 152 Å². The molecule has 9 aromatic rings. The van der Waals surface area contributed by atoms with E-state index in [-0.39, 0.29) is 32.5 Å². The molecule has 0 N–H and O–H groups in total. The Morgan fingerprint density at radius 3 is 1.52 bits per heavy atom. The number of nitrogens with zero attached hydrogens (tertiary/aromatic N) is 5. The Bertz CT molecular complexity index is 3620. The highest BCUT2D eigenvalue weighted by Crippen LogP contribution is 2.54. The van der Waals surface area contributed by atoms with Gasteiger partial charge in [0.1, 0.15) is 24.0 Å². The number of hydrogen-bond acceptors (Lipinski definition) is 5. The first-order valence-corrected chi connectivity index (χ1v) is 27.7. The highest BCUT2D eigenvalue weighted by atomic mass is 16.5. The van der Waals surface area contributed by atoms with Gasteiger partial charge < -0.3 is 14.5 Å². The molecular formula is C71H81N5O. The smallest absolute Gasteiger partial charge is 0.158 e. The summed E-state index contributed by atoms with van der Waals surface area (Å²) in [5, 5.41) is 2.33. The van der Waals surface area contributed by atoms with E-state index in [4.69, 9.17) is 14.7 Å². The third kappa shape index (κ3) is 10.2. The van der Waals surface area contributed by atoms with Gasteiger partial charge in [0.2, 0.25) is 0 Å². The second kappa shape index (κ2) is 18.8. The minimum atomic E-state index is -0.155. The first kappa shape index (κ1) is 53.2. The van der Waals surface area contributed by atoms with Crippen LogP contribution in [0.25, 0.3) is 49.9 Å². The lowest BCUT2D eigenvalue weighted by Gasteiger charge is -2.34. The molecule has 0 fully saturated rings. The van der Waals surface area contributed by atoms with Crippen LogP contribution in [0.4, 0.5) is 22.9 Å². The number of fused-ring (bicyclic) bond motifs is 4. The van der Waals surface area contributed by atoms with Crippen molar-refractivity contribution in [3.8, 4) is 39.6 Å². The second-order valence-corrected chi connectivity index (χ2v) is 27.8. The largest absolute Gasteiger partial charge is 0.457 e. The van der Waals surface area contributed by atoms with Crippen LogP contribution in [-0.2, 0) is 32.5 Å². The Balaban J connectivity index is 1.16. The minimum Gasteiger partial charge on any atom is -0.457 e. The van der Waals surface area contributed by atoms with Gasteiger partial charge in [-0.15, -0.1) is 0 Å². The summed E-state index contributed by atoms with van der Waals surface area (Å²) in [5.41, 5.74) is 17.5. The Hall–Kier alpha value is -7.18. The van der Waals surface area contributed by atoms with Crippen LogP contribution < -0.4 is 14.5 Å². The summed E-state index contributed by atoms with van der Waals surface area (Å²) in [4.78, 5) is 15.2. The van der Waals surface area contributed by atoms with Crippen molar-refractivity contribution in [2.24, 2.45) is 0 Å². The molecule has 6 nitrogen and oxygen atoms in total. The van der Waals surface area contributed by atoms with Crippen LogP contribution in [0.3, 0.4) is 0 Å². The van der Waals surface area contributed by atoms with E-state index in [0.717, 1.165) is 56.6 Å². The molecule has 10 rings (SSSR count). The third-order valence-corrected chi connectivity index (χ3v) is 15.7. The van der Waals surface area contributed by atoms with Crippen molar-refractivity contribution in [3.63, 3.8) is 0 Å². The van der Waals surface area contributed by atoms with E-state index in [2.05, 4.69) is 279 Å². The number of aromatic nitrogens is 3. The molecule has 0 atom stereocenters. The first-order valence-electron chi connectivity index (χ1n) is 27.7. The second-order valence-electron chi connectivity index (χ2n) is 27.8. The summed E-state index contributed by atoms with van der Waals surface area (Å²) in [5.74, 6) is 3.31. The fraction of sp³-hybridized carbons (Fsp3) is 0.352. The van der Waals surface area contributed by atoms with Gasteiger partial charge in [0.15, 0.2) is 5.82 Å². The van der Waals surface area contributed by atoms with E-state index >= 15 is 0 Å². The normalized spacial score (nSPS) is 13.7. The van der Waals surface area contributed by atoms with Crippen LogP contribution in [0.5, 0.6) is 11.5 Å². The molecular weight excluding hydrogens is 939 g/mol. The van der Waals surface area contributed by atoms with Crippen molar-refractivity contribution >= 4 is 44.7 Å². The fourth-order valence-electron chi connectivity index (χ4n) is 11.2. The topological polar surface area (TPSA) is 46.4 Å². The quantitative estimate of drug-likeness (QED) is 0.159. The molecule has 0 amide bonds. The summed E-state index contributed by atoms with van der Waals surface area (Å²) in [6.45, 7) is 42.4. The van der Waals surface area contributed by atoms with Crippen molar-refractivity contribution in [3.05, 3.63) is 185 Å². The average molecular weight is 1020 g/mol. The van der Waals surface area contributed by atoms with E-state index in [1.807, 2.05) is 12.4 Å². The minimum absolute atomic E-state index is 0.0260. The van der Waals surface area contributed by atoms with Crippen molar-refractivity contribution in [1.82, 2.24) is 14.5 Å². The maximum absolute atomic E-state index is 6.93. The van der Waals surface area contributed by atoms with Crippen LogP contribution in [-0.4, -0.2) is 21.2 Å². The summed E-state index contributed by atoms with van der Waals surface area (Å²) in [6.07, 6.45) is 3.88. The Morgan fingerprint density at radius 2 is 0.935 bits per heavy atom. The van der Waals surface area contributed by atoms with Gasteiger partial charge in [0.25, 0.3) is 0 Å². The molecule has 4 heterocycles. The lowest BCUT2D eigenvalue weighted by Crippen LogP contribution is -2.26. The molecule has 6 heteroatoms. The molecule has 3 aromatic heterocycles. The van der Waals surface area contributed by atoms with Gasteiger partial charge in [-0.2, -0.15) is 0 Å². The number of anilines is 4. The van der Waals surface area contributed by atoms with Crippen LogP contribution >= 0.6 is 0 Å². The van der Waals surface area contributed by atoms with Crippen LogP contribution in [0, 0.1) is 0 Å². The van der Waals surface area contributed by atoms with Crippen molar-refractivity contribution in [2.75, 3.05) is 16.5 Å². The molecule has 1 aliphatic heterocycles. The van der Waals surface area contributed by atoms with Crippen molar-refractivity contribution < 1.29 is 4.74 Å². The number of ether oxygens (including phenoxy) is 1. The zero-order chi connectivity index (χ0) is 55.4. The molecule has 6 aromatic carbocycles. The van der Waals surface area contributed by atoms with E-state index in [1.165, 1.54) is 61.0 Å². The van der Waals surface area contributed by atoms with Gasteiger partial charge >= 0.3 is 0 Å². The highest BCUT2D eigenvalue weighted by Gasteiger charge is 2.37. The predicted octanol–water partition coefficient (Wildman–Crippen LogP) is 19.7. The van der Waals surface area contributed by atoms with Crippen LogP contribution in [0.2, 0.25) is 0 Å². The summed E-state index contributed by atoms with van der Waals surface area (Å²) in [6, 6.07) is 51.7. The summed E-state index contributed by atoms with van der Waals surface area (Å²) >= 11 is 0. The molecule has 1 aliphatic rings. The molecule has 0 spiro atoms. The highest BCUT2D eigenvalue weighted by molar-refractivity contribution is 6.09. The van der Waals surface area contributed by atoms with Gasteiger partial charge in [-0.25, -0.2) is 9.97 Å². The monoisotopic (exact) mass is 1020 g/mol. The SMILES string of the molecule is CC(C)(C)c1ccnc(-n2c3ccccc3c3ccc(Oc4cccc(N5CN(c6c(-c7cc(C(C)(C)C)ccc7C(C)(C)C)cc(C(C)(C)C)cc6-c6cc(C(C)(C)C)ccc6C(C)(C)C)c6ncccc65)c4)cc32)c1. The van der Waals surface area contributed by atoms with Crippen molar-refractivity contribution in [1.29, 1.82) is 0 Å². The Kier molecular flexibility index (Phi) is 13.0. The maximum atomic E-state index is 6.93. The molecule has 0 bridgehead atoms. The van der Waals surface area contributed by atoms with E-state index in [1.54, 1.807) is 0 Å². The van der Waals surface area contributed by atoms with Crippen LogP contribution in [0.1, 0.15) is 158 Å². The third-order valence-electron chi connectivity index (χ3n) is 15.7. The lowest BCUT2D eigenvalue weighted by atomic mass is 9.74. The first-order chi connectivity index (χ1) is 36.0. The van der Waals surface area contributed by atoms with Gasteiger partial charge in [-0.1, -0.05) is 185 Å². The zero-order valence-electron chi connectivity index (χ0n) is 49.3. The molecule has 0 saturated heterocycles. The fourth-order valence-corrected chi connectivity index (χ4v) is 11.2. The lowest BCUT2D eigenvalue weighted by molar-refractivity contribution is 0.483. The summed E-state index contributed by atoms with van der Waals surface area (Å²) < 4.78 is 9.20. The predicted molar refractivity (Wildman–Crippen MR) is 328 cm³/mol. The Morgan fingerprint density at radius 1 is 0.390 bits per heavy atom.